The van der Waals surface area contributed by atoms with Gasteiger partial charge in [-0.25, -0.2) is 0 Å². The van der Waals surface area contributed by atoms with E-state index >= 15 is 0 Å². The van der Waals surface area contributed by atoms with Gasteiger partial charge in [0.15, 0.2) is 5.78 Å². The van der Waals surface area contributed by atoms with Crippen LogP contribution in [0.1, 0.15) is 42.1 Å². The molecule has 4 atom stereocenters. The van der Waals surface area contributed by atoms with Crippen molar-refractivity contribution >= 4 is 40.1 Å². The van der Waals surface area contributed by atoms with E-state index in [-0.39, 0.29) is 30.8 Å². The number of likely N-dealkylation sites (tertiary alicyclic amines) is 1. The Morgan fingerprint density at radius 1 is 1.27 bits per heavy atom. The summed E-state index contributed by atoms with van der Waals surface area (Å²) in [4.78, 5) is 39.5. The molecule has 1 aromatic carbocycles. The first-order chi connectivity index (χ1) is 14.5. The molecule has 0 bridgehead atoms. The minimum Gasteiger partial charge on any atom is -0.366 e. The molecule has 2 amide bonds. The summed E-state index contributed by atoms with van der Waals surface area (Å²) in [5, 5.41) is 4.94. The second-order valence-corrected chi connectivity index (χ2v) is 8.97. The van der Waals surface area contributed by atoms with Crippen LogP contribution in [-0.2, 0) is 14.3 Å². The van der Waals surface area contributed by atoms with Crippen LogP contribution in [0.15, 0.2) is 24.4 Å². The number of nitrogens with two attached hydrogens (primary N) is 1. The zero-order chi connectivity index (χ0) is 21.0. The molecule has 158 valence electrons. The van der Waals surface area contributed by atoms with Crippen LogP contribution in [0.25, 0.3) is 10.9 Å². The molecule has 0 radical (unpaired) electrons. The lowest BCUT2D eigenvalue weighted by molar-refractivity contribution is -0.141. The number of ether oxygens (including phenoxy) is 1. The highest BCUT2D eigenvalue weighted by atomic mass is 35.5. The first-order valence-electron chi connectivity index (χ1n) is 10.3. The summed E-state index contributed by atoms with van der Waals surface area (Å²) in [7, 11) is 0. The lowest BCUT2D eigenvalue weighted by atomic mass is 9.96. The zero-order valence-electron chi connectivity index (χ0n) is 16.4. The maximum atomic E-state index is 13.8. The molecule has 30 heavy (non-hydrogen) atoms. The van der Waals surface area contributed by atoms with Crippen molar-refractivity contribution in [3.8, 4) is 0 Å². The van der Waals surface area contributed by atoms with Gasteiger partial charge in [-0.05, 0) is 30.9 Å². The third-order valence-electron chi connectivity index (χ3n) is 6.65. The molecule has 0 spiro atoms. The molecule has 5 rings (SSSR count). The number of benzene rings is 1. The minimum absolute atomic E-state index is 0.0108. The fraction of sp³-hybridized carbons (Fsp3) is 0.524. The Hall–Kier alpha value is -2.45. The predicted molar refractivity (Wildman–Crippen MR) is 109 cm³/mol. The SMILES string of the molecule is NC(=O)c1ccc2cnn([C@H](C(=O)N3C[C@H](Cl)[C@H]4OCC(=O)[C@H]43)C3CCCC3)c2c1. The number of hydrogen-bond acceptors (Lipinski definition) is 5. The summed E-state index contributed by atoms with van der Waals surface area (Å²) >= 11 is 6.41. The number of primary amides is 1. The summed E-state index contributed by atoms with van der Waals surface area (Å²) in [5.41, 5.74) is 6.51. The Labute approximate surface area is 178 Å². The van der Waals surface area contributed by atoms with Gasteiger partial charge in [0.1, 0.15) is 24.8 Å². The lowest BCUT2D eigenvalue weighted by Gasteiger charge is -2.30. The Balaban J connectivity index is 1.57. The molecular weight excluding hydrogens is 408 g/mol. The predicted octanol–water partition coefficient (Wildman–Crippen LogP) is 1.65. The molecule has 3 fully saturated rings. The van der Waals surface area contributed by atoms with E-state index in [4.69, 9.17) is 22.1 Å². The van der Waals surface area contributed by atoms with Crippen molar-refractivity contribution in [3.63, 3.8) is 0 Å². The van der Waals surface area contributed by atoms with E-state index in [0.717, 1.165) is 31.1 Å². The molecular formula is C21H23ClN4O4. The van der Waals surface area contributed by atoms with Crippen LogP contribution in [0.5, 0.6) is 0 Å². The fourth-order valence-corrected chi connectivity index (χ4v) is 5.54. The second-order valence-electron chi connectivity index (χ2n) is 8.41. The Morgan fingerprint density at radius 3 is 2.77 bits per heavy atom. The monoisotopic (exact) mass is 430 g/mol. The summed E-state index contributed by atoms with van der Waals surface area (Å²) in [5.74, 6) is -0.700. The van der Waals surface area contributed by atoms with Gasteiger partial charge in [0.05, 0.1) is 17.1 Å². The number of halogens is 1. The molecule has 2 N–H and O–H groups in total. The van der Waals surface area contributed by atoms with Crippen molar-refractivity contribution in [1.82, 2.24) is 14.7 Å². The summed E-state index contributed by atoms with van der Waals surface area (Å²) in [6.45, 7) is 0.263. The lowest BCUT2D eigenvalue weighted by Crippen LogP contribution is -2.46. The number of carbonyl (C=O) groups is 3. The van der Waals surface area contributed by atoms with Gasteiger partial charge in [-0.2, -0.15) is 5.10 Å². The number of rotatable bonds is 4. The topological polar surface area (TPSA) is 108 Å². The van der Waals surface area contributed by atoms with Crippen LogP contribution in [0.2, 0.25) is 0 Å². The van der Waals surface area contributed by atoms with Gasteiger partial charge >= 0.3 is 0 Å². The van der Waals surface area contributed by atoms with Gasteiger partial charge < -0.3 is 15.4 Å². The molecule has 3 aliphatic rings. The molecule has 8 nitrogen and oxygen atoms in total. The molecule has 2 saturated heterocycles. The fourth-order valence-electron chi connectivity index (χ4n) is 5.19. The van der Waals surface area contributed by atoms with Crippen molar-refractivity contribution in [2.75, 3.05) is 13.2 Å². The third kappa shape index (κ3) is 3.01. The van der Waals surface area contributed by atoms with Crippen molar-refractivity contribution < 1.29 is 19.1 Å². The van der Waals surface area contributed by atoms with E-state index < -0.39 is 29.5 Å². The van der Waals surface area contributed by atoms with E-state index in [1.807, 2.05) is 0 Å². The maximum absolute atomic E-state index is 13.8. The number of aromatic nitrogens is 2. The number of hydrogen-bond donors (Lipinski definition) is 1. The quantitative estimate of drug-likeness (QED) is 0.742. The van der Waals surface area contributed by atoms with Crippen LogP contribution in [0.4, 0.5) is 0 Å². The summed E-state index contributed by atoms with van der Waals surface area (Å²) in [6.07, 6.45) is 5.14. The maximum Gasteiger partial charge on any atom is 0.248 e. The summed E-state index contributed by atoms with van der Waals surface area (Å²) in [6, 6.07) is 3.92. The second kappa shape index (κ2) is 7.35. The van der Waals surface area contributed by atoms with E-state index in [1.54, 1.807) is 34.0 Å². The smallest absolute Gasteiger partial charge is 0.248 e. The molecule has 1 aromatic heterocycles. The third-order valence-corrected chi connectivity index (χ3v) is 7.04. The highest BCUT2D eigenvalue weighted by Gasteiger charge is 2.53. The van der Waals surface area contributed by atoms with Gasteiger partial charge in [0.2, 0.25) is 11.8 Å². The summed E-state index contributed by atoms with van der Waals surface area (Å²) < 4.78 is 7.25. The van der Waals surface area contributed by atoms with E-state index in [0.29, 0.717) is 11.1 Å². The van der Waals surface area contributed by atoms with Crippen LogP contribution in [-0.4, -0.2) is 63.0 Å². The average Bonchev–Trinajstić information content (AvgIpc) is 3.50. The van der Waals surface area contributed by atoms with Gasteiger partial charge in [0.25, 0.3) is 0 Å². The first-order valence-corrected chi connectivity index (χ1v) is 10.8. The van der Waals surface area contributed by atoms with Crippen molar-refractivity contribution in [2.24, 2.45) is 11.7 Å². The normalized spacial score (nSPS) is 27.7. The Bertz CT molecular complexity index is 1030. The average molecular weight is 431 g/mol. The molecule has 3 heterocycles. The largest absolute Gasteiger partial charge is 0.366 e. The molecule has 1 saturated carbocycles. The number of alkyl halides is 1. The number of ketones is 1. The Morgan fingerprint density at radius 2 is 2.03 bits per heavy atom. The highest BCUT2D eigenvalue weighted by Crippen LogP contribution is 2.39. The van der Waals surface area contributed by atoms with Crippen molar-refractivity contribution in [3.05, 3.63) is 30.0 Å². The van der Waals surface area contributed by atoms with Gasteiger partial charge in [-0.1, -0.05) is 18.9 Å². The molecule has 0 unspecified atom stereocenters. The van der Waals surface area contributed by atoms with Crippen LogP contribution in [0.3, 0.4) is 0 Å². The van der Waals surface area contributed by atoms with Crippen molar-refractivity contribution in [1.29, 1.82) is 0 Å². The molecule has 2 aliphatic heterocycles. The number of carbonyl (C=O) groups excluding carboxylic acids is 3. The van der Waals surface area contributed by atoms with E-state index in [9.17, 15) is 14.4 Å². The van der Waals surface area contributed by atoms with Gasteiger partial charge in [0, 0.05) is 17.5 Å². The minimum atomic E-state index is -0.632. The van der Waals surface area contributed by atoms with Crippen LogP contribution in [0, 0.1) is 5.92 Å². The number of amides is 2. The molecule has 1 aliphatic carbocycles. The highest BCUT2D eigenvalue weighted by molar-refractivity contribution is 6.22. The van der Waals surface area contributed by atoms with E-state index in [1.165, 1.54) is 0 Å². The van der Waals surface area contributed by atoms with Gasteiger partial charge in [-0.15, -0.1) is 11.6 Å². The number of nitrogens with zero attached hydrogens (tertiary/aromatic N) is 3. The Kier molecular flexibility index (Phi) is 4.78. The van der Waals surface area contributed by atoms with Crippen LogP contribution < -0.4 is 5.73 Å². The number of fused-ring (bicyclic) bond motifs is 2. The zero-order valence-corrected chi connectivity index (χ0v) is 17.1. The number of Topliss-reactive ketones (excluding diaryl/α,β-unsaturated/α-hetero) is 1. The molecule has 9 heteroatoms. The first kappa shape index (κ1) is 19.5. The molecule has 2 aromatic rings. The van der Waals surface area contributed by atoms with Gasteiger partial charge in [-0.3, -0.25) is 19.1 Å². The van der Waals surface area contributed by atoms with Crippen molar-refractivity contribution in [2.45, 2.75) is 49.2 Å². The standard InChI is InChI=1S/C21H23ClN4O4/c22-14-9-25(18-16(27)10-30-19(14)18)21(29)17(11-3-1-2-4-11)26-15-7-12(20(23)28)5-6-13(15)8-24-26/h5-8,11,14,17-19H,1-4,9-10H2,(H2,23,28)/t14-,17-,18+,19+/m0/s1. The van der Waals surface area contributed by atoms with Crippen LogP contribution >= 0.6 is 11.6 Å². The van der Waals surface area contributed by atoms with E-state index in [2.05, 4.69) is 5.10 Å².